The summed E-state index contributed by atoms with van der Waals surface area (Å²) in [5, 5.41) is 8.47. The van der Waals surface area contributed by atoms with Crippen LogP contribution in [0.3, 0.4) is 0 Å². The van der Waals surface area contributed by atoms with Crippen molar-refractivity contribution >= 4 is 46.9 Å². The first-order chi connectivity index (χ1) is 21.3. The summed E-state index contributed by atoms with van der Waals surface area (Å²) in [6.45, 7) is 1.96. The summed E-state index contributed by atoms with van der Waals surface area (Å²) in [6.07, 6.45) is 1.52. The molecule has 4 rings (SSSR count). The molecule has 0 spiro atoms. The van der Waals surface area contributed by atoms with Gasteiger partial charge in [-0.2, -0.15) is 0 Å². The normalized spacial score (nSPS) is 10.9. The van der Waals surface area contributed by atoms with E-state index < -0.39 is 11.8 Å². The SMILES string of the molecule is COc1cc(/C=C(/NC(=O)c2ccccc2)C(=O)Nc2cccc(SCC(=O)Nc3cccc(C)c3)c2)cc(OC)c1OC. The average Bonchev–Trinajstić information content (AvgIpc) is 3.03. The highest BCUT2D eigenvalue weighted by Crippen LogP contribution is 2.38. The Kier molecular flexibility index (Phi) is 11.0. The molecule has 0 bridgehead atoms. The third-order valence-corrected chi connectivity index (χ3v) is 7.28. The van der Waals surface area contributed by atoms with E-state index in [0.717, 1.165) is 16.1 Å². The van der Waals surface area contributed by atoms with Crippen molar-refractivity contribution in [3.63, 3.8) is 0 Å². The summed E-state index contributed by atoms with van der Waals surface area (Å²) in [5.74, 6) is 0.213. The van der Waals surface area contributed by atoms with Crippen molar-refractivity contribution in [1.29, 1.82) is 0 Å². The number of hydrogen-bond acceptors (Lipinski definition) is 7. The summed E-state index contributed by atoms with van der Waals surface area (Å²) < 4.78 is 16.3. The predicted octanol–water partition coefficient (Wildman–Crippen LogP) is 6.16. The second kappa shape index (κ2) is 15.3. The molecule has 0 heterocycles. The molecule has 0 aromatic heterocycles. The van der Waals surface area contributed by atoms with Gasteiger partial charge in [-0.1, -0.05) is 36.4 Å². The molecule has 0 aliphatic carbocycles. The first-order valence-electron chi connectivity index (χ1n) is 13.6. The summed E-state index contributed by atoms with van der Waals surface area (Å²) in [4.78, 5) is 39.9. The number of hydrogen-bond donors (Lipinski definition) is 3. The molecule has 0 fully saturated rings. The predicted molar refractivity (Wildman–Crippen MR) is 174 cm³/mol. The lowest BCUT2D eigenvalue weighted by atomic mass is 10.1. The van der Waals surface area contributed by atoms with Crippen LogP contribution in [0.4, 0.5) is 11.4 Å². The van der Waals surface area contributed by atoms with Gasteiger partial charge in [0, 0.05) is 21.8 Å². The lowest BCUT2D eigenvalue weighted by Crippen LogP contribution is -2.30. The van der Waals surface area contributed by atoms with E-state index in [2.05, 4.69) is 16.0 Å². The topological polar surface area (TPSA) is 115 Å². The largest absolute Gasteiger partial charge is 0.493 e. The average molecular weight is 612 g/mol. The summed E-state index contributed by atoms with van der Waals surface area (Å²) in [5.41, 5.74) is 3.19. The van der Waals surface area contributed by atoms with E-state index in [0.29, 0.717) is 34.1 Å². The van der Waals surface area contributed by atoms with Crippen molar-refractivity contribution < 1.29 is 28.6 Å². The number of anilines is 2. The molecule has 0 unspecified atom stereocenters. The Balaban J connectivity index is 1.54. The third kappa shape index (κ3) is 8.65. The molecule has 0 saturated heterocycles. The Hall–Kier alpha value is -5.22. The van der Waals surface area contributed by atoms with Gasteiger partial charge in [-0.05, 0) is 78.7 Å². The number of ether oxygens (including phenoxy) is 3. The highest BCUT2D eigenvalue weighted by molar-refractivity contribution is 8.00. The maximum absolute atomic E-state index is 13.6. The van der Waals surface area contributed by atoms with E-state index in [-0.39, 0.29) is 17.4 Å². The molecule has 0 saturated carbocycles. The van der Waals surface area contributed by atoms with Crippen LogP contribution in [-0.2, 0) is 9.59 Å². The maximum atomic E-state index is 13.6. The number of thioether (sulfide) groups is 1. The maximum Gasteiger partial charge on any atom is 0.272 e. The third-order valence-electron chi connectivity index (χ3n) is 6.29. The van der Waals surface area contributed by atoms with Crippen LogP contribution in [-0.4, -0.2) is 44.8 Å². The fraction of sp³-hybridized carbons (Fsp3) is 0.147. The number of amides is 3. The monoisotopic (exact) mass is 611 g/mol. The number of benzene rings is 4. The van der Waals surface area contributed by atoms with E-state index >= 15 is 0 Å². The van der Waals surface area contributed by atoms with Crippen LogP contribution in [0.1, 0.15) is 21.5 Å². The molecule has 226 valence electrons. The lowest BCUT2D eigenvalue weighted by molar-refractivity contribution is -0.114. The van der Waals surface area contributed by atoms with Crippen LogP contribution in [0.2, 0.25) is 0 Å². The van der Waals surface area contributed by atoms with Crippen LogP contribution < -0.4 is 30.2 Å². The lowest BCUT2D eigenvalue weighted by Gasteiger charge is -2.15. The quantitative estimate of drug-likeness (QED) is 0.130. The summed E-state index contributed by atoms with van der Waals surface area (Å²) in [6, 6.07) is 26.6. The molecule has 9 nitrogen and oxygen atoms in total. The van der Waals surface area contributed by atoms with Crippen molar-refractivity contribution in [2.75, 3.05) is 37.7 Å². The molecule has 44 heavy (non-hydrogen) atoms. The van der Waals surface area contributed by atoms with Gasteiger partial charge in [0.25, 0.3) is 11.8 Å². The Morgan fingerprint density at radius 1 is 0.750 bits per heavy atom. The van der Waals surface area contributed by atoms with Gasteiger partial charge in [0.05, 0.1) is 27.1 Å². The molecule has 3 N–H and O–H groups in total. The summed E-state index contributed by atoms with van der Waals surface area (Å²) in [7, 11) is 4.48. The van der Waals surface area contributed by atoms with Gasteiger partial charge >= 0.3 is 0 Å². The standard InChI is InChI=1S/C34H33N3O6S/c1-22-10-8-13-25(16-22)35-31(38)21-44-27-15-9-14-26(20-27)36-34(40)28(37-33(39)24-11-6-5-7-12-24)17-23-18-29(41-2)32(43-4)30(19-23)42-3/h5-20H,21H2,1-4H3,(H,35,38)(H,36,40)(H,37,39)/b28-17+. The van der Waals surface area contributed by atoms with Gasteiger partial charge in [-0.3, -0.25) is 14.4 Å². The first kappa shape index (κ1) is 31.7. The number of aryl methyl sites for hydroxylation is 1. The van der Waals surface area contributed by atoms with Crippen LogP contribution >= 0.6 is 11.8 Å². The van der Waals surface area contributed by atoms with E-state index in [1.165, 1.54) is 39.2 Å². The van der Waals surface area contributed by atoms with Crippen LogP contribution in [0.5, 0.6) is 17.2 Å². The Morgan fingerprint density at radius 2 is 1.41 bits per heavy atom. The molecular weight excluding hydrogens is 578 g/mol. The Bertz CT molecular complexity index is 1650. The smallest absolute Gasteiger partial charge is 0.272 e. The van der Waals surface area contributed by atoms with Crippen LogP contribution in [0.15, 0.2) is 102 Å². The van der Waals surface area contributed by atoms with E-state index in [1.54, 1.807) is 60.7 Å². The second-order valence-corrected chi connectivity index (χ2v) is 10.6. The highest BCUT2D eigenvalue weighted by Gasteiger charge is 2.18. The van der Waals surface area contributed by atoms with Gasteiger partial charge in [0.15, 0.2) is 11.5 Å². The zero-order valence-corrected chi connectivity index (χ0v) is 25.6. The minimum Gasteiger partial charge on any atom is -0.493 e. The molecule has 4 aromatic rings. The molecule has 0 atom stereocenters. The zero-order valence-electron chi connectivity index (χ0n) is 24.8. The fourth-order valence-electron chi connectivity index (χ4n) is 4.22. The van der Waals surface area contributed by atoms with Gasteiger partial charge in [0.1, 0.15) is 5.70 Å². The van der Waals surface area contributed by atoms with Gasteiger partial charge in [0.2, 0.25) is 11.7 Å². The molecule has 10 heteroatoms. The van der Waals surface area contributed by atoms with Crippen molar-refractivity contribution in [3.8, 4) is 17.2 Å². The van der Waals surface area contributed by atoms with Crippen molar-refractivity contribution in [2.24, 2.45) is 0 Å². The molecule has 0 radical (unpaired) electrons. The molecule has 4 aromatic carbocycles. The molecular formula is C34H33N3O6S. The van der Waals surface area contributed by atoms with E-state index in [1.807, 2.05) is 37.3 Å². The molecule has 3 amide bonds. The summed E-state index contributed by atoms with van der Waals surface area (Å²) >= 11 is 1.34. The van der Waals surface area contributed by atoms with Gasteiger partial charge < -0.3 is 30.2 Å². The molecule has 0 aliphatic heterocycles. The van der Waals surface area contributed by atoms with Crippen molar-refractivity contribution in [3.05, 3.63) is 113 Å². The number of carbonyl (C=O) groups excluding carboxylic acids is 3. The molecule has 0 aliphatic rings. The number of carbonyl (C=O) groups is 3. The first-order valence-corrected chi connectivity index (χ1v) is 14.6. The van der Waals surface area contributed by atoms with E-state index in [9.17, 15) is 14.4 Å². The number of methoxy groups -OCH3 is 3. The fourth-order valence-corrected chi connectivity index (χ4v) is 4.98. The van der Waals surface area contributed by atoms with Crippen molar-refractivity contribution in [1.82, 2.24) is 5.32 Å². The Morgan fingerprint density at radius 3 is 2.05 bits per heavy atom. The second-order valence-electron chi connectivity index (χ2n) is 9.53. The van der Waals surface area contributed by atoms with Gasteiger partial charge in [-0.25, -0.2) is 0 Å². The number of rotatable bonds is 12. The van der Waals surface area contributed by atoms with Crippen molar-refractivity contribution in [2.45, 2.75) is 11.8 Å². The van der Waals surface area contributed by atoms with E-state index in [4.69, 9.17) is 14.2 Å². The minimum atomic E-state index is -0.553. The number of nitrogens with one attached hydrogen (secondary N) is 3. The van der Waals surface area contributed by atoms with Gasteiger partial charge in [-0.15, -0.1) is 11.8 Å². The highest BCUT2D eigenvalue weighted by atomic mass is 32.2. The van der Waals surface area contributed by atoms with Crippen LogP contribution in [0, 0.1) is 6.92 Å². The Labute approximate surface area is 260 Å². The van der Waals surface area contributed by atoms with Crippen LogP contribution in [0.25, 0.3) is 6.08 Å². The zero-order chi connectivity index (χ0) is 31.5. The minimum absolute atomic E-state index is 0.0104.